The third-order valence-electron chi connectivity index (χ3n) is 5.83. The Hall–Kier alpha value is -3.15. The van der Waals surface area contributed by atoms with Gasteiger partial charge in [-0.2, -0.15) is 0 Å². The topological polar surface area (TPSA) is 78.1 Å². The van der Waals surface area contributed by atoms with Crippen molar-refractivity contribution in [1.82, 2.24) is 15.3 Å². The first-order valence-electron chi connectivity index (χ1n) is 10.6. The Labute approximate surface area is 176 Å². The van der Waals surface area contributed by atoms with E-state index in [1.807, 2.05) is 48.5 Å². The number of carbonyl (C=O) groups is 2. The van der Waals surface area contributed by atoms with Crippen LogP contribution in [0, 0.1) is 11.8 Å². The average molecular weight is 405 g/mol. The largest absolute Gasteiger partial charge is 0.346 e. The molecule has 2 N–H and O–H groups in total. The van der Waals surface area contributed by atoms with Gasteiger partial charge in [-0.1, -0.05) is 51.1 Å². The predicted octanol–water partition coefficient (Wildman–Crippen LogP) is 3.99. The maximum Gasteiger partial charge on any atom is 0.227 e. The summed E-state index contributed by atoms with van der Waals surface area (Å²) in [6.45, 7) is 6.60. The number of rotatable bonds is 6. The standard InChI is InChI=1S/C24H28N4O2/c1-4-16-9-5-8-12-20(16)28-14-17(13-21(28)29)24(30)27-22(15(2)3)23-25-18-10-6-7-11-19(18)26-23/h5-12,15,17,22H,4,13-14H2,1-3H3,(H,25,26)(H,27,30). The van der Waals surface area contributed by atoms with E-state index in [2.05, 4.69) is 36.1 Å². The average Bonchev–Trinajstić information content (AvgIpc) is 3.35. The van der Waals surface area contributed by atoms with Crippen molar-refractivity contribution in [2.75, 3.05) is 11.4 Å². The molecule has 0 saturated carbocycles. The molecule has 6 nitrogen and oxygen atoms in total. The van der Waals surface area contributed by atoms with Crippen LogP contribution in [0.2, 0.25) is 0 Å². The van der Waals surface area contributed by atoms with E-state index in [1.165, 1.54) is 0 Å². The second-order valence-electron chi connectivity index (χ2n) is 8.26. The molecule has 2 aromatic carbocycles. The molecular weight excluding hydrogens is 376 g/mol. The van der Waals surface area contributed by atoms with Gasteiger partial charge >= 0.3 is 0 Å². The first kappa shape index (κ1) is 20.1. The SMILES string of the molecule is CCc1ccccc1N1CC(C(=O)NC(c2nc3ccccc3[nH]2)C(C)C)CC1=O. The highest BCUT2D eigenvalue weighted by molar-refractivity contribution is 6.00. The Bertz CT molecular complexity index is 1040. The second kappa shape index (κ2) is 8.30. The number of aryl methyl sites for hydroxylation is 1. The molecule has 1 saturated heterocycles. The van der Waals surface area contributed by atoms with Gasteiger partial charge in [-0.05, 0) is 36.1 Å². The third kappa shape index (κ3) is 3.82. The van der Waals surface area contributed by atoms with Gasteiger partial charge in [0, 0.05) is 18.7 Å². The van der Waals surface area contributed by atoms with E-state index in [0.717, 1.165) is 34.5 Å². The number of hydrogen-bond donors (Lipinski definition) is 2. The highest BCUT2D eigenvalue weighted by Crippen LogP contribution is 2.30. The van der Waals surface area contributed by atoms with Gasteiger partial charge in [0.25, 0.3) is 0 Å². The molecule has 2 unspecified atom stereocenters. The molecule has 2 amide bonds. The van der Waals surface area contributed by atoms with Gasteiger partial charge in [0.05, 0.1) is 23.0 Å². The van der Waals surface area contributed by atoms with Crippen LogP contribution >= 0.6 is 0 Å². The summed E-state index contributed by atoms with van der Waals surface area (Å²) in [5, 5.41) is 3.15. The Balaban J connectivity index is 1.51. The molecule has 1 aliphatic rings. The van der Waals surface area contributed by atoms with Crippen molar-refractivity contribution < 1.29 is 9.59 Å². The minimum Gasteiger partial charge on any atom is -0.346 e. The molecule has 156 valence electrons. The maximum atomic E-state index is 13.1. The van der Waals surface area contributed by atoms with Crippen LogP contribution in [0.25, 0.3) is 11.0 Å². The van der Waals surface area contributed by atoms with Crippen LogP contribution in [-0.4, -0.2) is 28.3 Å². The first-order valence-corrected chi connectivity index (χ1v) is 10.6. The van der Waals surface area contributed by atoms with E-state index in [-0.39, 0.29) is 36.1 Å². The summed E-state index contributed by atoms with van der Waals surface area (Å²) >= 11 is 0. The number of para-hydroxylation sites is 3. The highest BCUT2D eigenvalue weighted by Gasteiger charge is 2.37. The number of H-pyrrole nitrogens is 1. The molecule has 3 aromatic rings. The Kier molecular flexibility index (Phi) is 5.57. The van der Waals surface area contributed by atoms with Crippen molar-refractivity contribution >= 4 is 28.5 Å². The van der Waals surface area contributed by atoms with Crippen LogP contribution in [0.15, 0.2) is 48.5 Å². The number of benzene rings is 2. The van der Waals surface area contributed by atoms with Crippen molar-refractivity contribution in [1.29, 1.82) is 0 Å². The lowest BCUT2D eigenvalue weighted by Crippen LogP contribution is -2.38. The smallest absolute Gasteiger partial charge is 0.227 e. The Morgan fingerprint density at radius 2 is 1.93 bits per heavy atom. The van der Waals surface area contributed by atoms with Crippen LogP contribution in [0.5, 0.6) is 0 Å². The van der Waals surface area contributed by atoms with E-state index in [0.29, 0.717) is 6.54 Å². The fraction of sp³-hybridized carbons (Fsp3) is 0.375. The van der Waals surface area contributed by atoms with E-state index in [9.17, 15) is 9.59 Å². The summed E-state index contributed by atoms with van der Waals surface area (Å²) in [7, 11) is 0. The van der Waals surface area contributed by atoms with E-state index >= 15 is 0 Å². The van der Waals surface area contributed by atoms with Gasteiger partial charge in [0.2, 0.25) is 11.8 Å². The number of fused-ring (bicyclic) bond motifs is 1. The first-order chi connectivity index (χ1) is 14.5. The number of nitrogens with one attached hydrogen (secondary N) is 2. The summed E-state index contributed by atoms with van der Waals surface area (Å²) in [5.74, 6) is 0.438. The predicted molar refractivity (Wildman–Crippen MR) is 118 cm³/mol. The normalized spacial score (nSPS) is 17.7. The number of aromatic nitrogens is 2. The van der Waals surface area contributed by atoms with Crippen LogP contribution in [0.3, 0.4) is 0 Å². The van der Waals surface area contributed by atoms with Gasteiger partial charge < -0.3 is 15.2 Å². The third-order valence-corrected chi connectivity index (χ3v) is 5.83. The molecule has 0 aliphatic carbocycles. The number of imidazole rings is 1. The molecule has 4 rings (SSSR count). The second-order valence-corrected chi connectivity index (χ2v) is 8.26. The van der Waals surface area contributed by atoms with Crippen molar-refractivity contribution in [3.8, 4) is 0 Å². The lowest BCUT2D eigenvalue weighted by molar-refractivity contribution is -0.127. The van der Waals surface area contributed by atoms with Gasteiger partial charge in [-0.25, -0.2) is 4.98 Å². The number of amides is 2. The molecular formula is C24H28N4O2. The summed E-state index contributed by atoms with van der Waals surface area (Å²) in [5.41, 5.74) is 3.86. The summed E-state index contributed by atoms with van der Waals surface area (Å²) < 4.78 is 0. The van der Waals surface area contributed by atoms with Crippen LogP contribution in [-0.2, 0) is 16.0 Å². The number of carbonyl (C=O) groups excluding carboxylic acids is 2. The molecule has 1 fully saturated rings. The molecule has 0 spiro atoms. The van der Waals surface area contributed by atoms with Crippen LogP contribution in [0.1, 0.15) is 44.6 Å². The zero-order valence-corrected chi connectivity index (χ0v) is 17.7. The number of aromatic amines is 1. The molecule has 2 atom stereocenters. The van der Waals surface area contributed by atoms with E-state index in [1.54, 1.807) is 4.90 Å². The summed E-state index contributed by atoms with van der Waals surface area (Å²) in [6, 6.07) is 15.5. The van der Waals surface area contributed by atoms with Gasteiger partial charge in [-0.15, -0.1) is 0 Å². The van der Waals surface area contributed by atoms with Crippen molar-refractivity contribution in [2.24, 2.45) is 11.8 Å². The zero-order chi connectivity index (χ0) is 21.3. The lowest BCUT2D eigenvalue weighted by Gasteiger charge is -2.23. The number of hydrogen-bond acceptors (Lipinski definition) is 3. The molecule has 30 heavy (non-hydrogen) atoms. The monoisotopic (exact) mass is 404 g/mol. The molecule has 0 radical (unpaired) electrons. The van der Waals surface area contributed by atoms with Gasteiger partial charge in [-0.3, -0.25) is 9.59 Å². The quantitative estimate of drug-likeness (QED) is 0.652. The van der Waals surface area contributed by atoms with E-state index < -0.39 is 0 Å². The van der Waals surface area contributed by atoms with Crippen molar-refractivity contribution in [3.05, 3.63) is 59.9 Å². The van der Waals surface area contributed by atoms with Gasteiger partial charge in [0.15, 0.2) is 0 Å². The molecule has 0 bridgehead atoms. The maximum absolute atomic E-state index is 13.1. The molecule has 2 heterocycles. The molecule has 6 heteroatoms. The van der Waals surface area contributed by atoms with Crippen molar-refractivity contribution in [3.63, 3.8) is 0 Å². The number of nitrogens with zero attached hydrogens (tertiary/aromatic N) is 2. The highest BCUT2D eigenvalue weighted by atomic mass is 16.2. The number of anilines is 1. The lowest BCUT2D eigenvalue weighted by atomic mass is 10.0. The van der Waals surface area contributed by atoms with Crippen LogP contribution in [0.4, 0.5) is 5.69 Å². The van der Waals surface area contributed by atoms with Gasteiger partial charge in [0.1, 0.15) is 5.82 Å². The minimum absolute atomic E-state index is 0.000819. The zero-order valence-electron chi connectivity index (χ0n) is 17.7. The summed E-state index contributed by atoms with van der Waals surface area (Å²) in [6.07, 6.45) is 1.08. The Morgan fingerprint density at radius 1 is 1.20 bits per heavy atom. The fourth-order valence-corrected chi connectivity index (χ4v) is 4.13. The minimum atomic E-state index is -0.368. The molecule has 1 aromatic heterocycles. The van der Waals surface area contributed by atoms with Crippen LogP contribution < -0.4 is 10.2 Å². The fourth-order valence-electron chi connectivity index (χ4n) is 4.13. The van der Waals surface area contributed by atoms with E-state index in [4.69, 9.17) is 0 Å². The Morgan fingerprint density at radius 3 is 2.67 bits per heavy atom. The van der Waals surface area contributed by atoms with Crippen molar-refractivity contribution in [2.45, 2.75) is 39.7 Å². The molecule has 1 aliphatic heterocycles. The summed E-state index contributed by atoms with van der Waals surface area (Å²) in [4.78, 5) is 35.5.